The van der Waals surface area contributed by atoms with Gasteiger partial charge in [-0.3, -0.25) is 14.5 Å². The summed E-state index contributed by atoms with van der Waals surface area (Å²) in [7, 11) is -3.76. The summed E-state index contributed by atoms with van der Waals surface area (Å²) in [6, 6.07) is 4.44. The van der Waals surface area contributed by atoms with E-state index in [9.17, 15) is 18.0 Å². The predicted molar refractivity (Wildman–Crippen MR) is 126 cm³/mol. The highest BCUT2D eigenvalue weighted by Crippen LogP contribution is 2.36. The van der Waals surface area contributed by atoms with Crippen LogP contribution in [-0.4, -0.2) is 76.8 Å². The summed E-state index contributed by atoms with van der Waals surface area (Å²) in [5, 5.41) is 2.71. The zero-order chi connectivity index (χ0) is 24.9. The average Bonchev–Trinajstić information content (AvgIpc) is 2.78. The largest absolute Gasteiger partial charge is 0.482 e. The summed E-state index contributed by atoms with van der Waals surface area (Å²) in [4.78, 5) is 26.5. The van der Waals surface area contributed by atoms with Crippen molar-refractivity contribution in [2.24, 2.45) is 11.8 Å². The van der Waals surface area contributed by atoms with E-state index < -0.39 is 28.1 Å². The van der Waals surface area contributed by atoms with Gasteiger partial charge in [0.05, 0.1) is 17.1 Å². The molecule has 1 aromatic carbocycles. The van der Waals surface area contributed by atoms with Crippen molar-refractivity contribution in [2.75, 3.05) is 50.9 Å². The third-order valence-corrected chi connectivity index (χ3v) is 7.65. The summed E-state index contributed by atoms with van der Waals surface area (Å²) >= 11 is 0. The van der Waals surface area contributed by atoms with Gasteiger partial charge in [-0.15, -0.1) is 0 Å². The molecule has 2 aliphatic rings. The van der Waals surface area contributed by atoms with E-state index in [4.69, 9.17) is 14.2 Å². The van der Waals surface area contributed by atoms with Gasteiger partial charge in [0.25, 0.3) is 5.91 Å². The molecule has 10 nitrogen and oxygen atoms in total. The molecule has 34 heavy (non-hydrogen) atoms. The fraction of sp³-hybridized carbons (Fsp3) is 0.652. The lowest BCUT2D eigenvalue weighted by molar-refractivity contribution is -0.140. The second-order valence-electron chi connectivity index (χ2n) is 8.81. The third kappa shape index (κ3) is 6.26. The zero-order valence-corrected chi connectivity index (χ0v) is 21.1. The van der Waals surface area contributed by atoms with Crippen LogP contribution in [0.25, 0.3) is 0 Å². The minimum absolute atomic E-state index is 0.0732. The van der Waals surface area contributed by atoms with Gasteiger partial charge in [-0.2, -0.15) is 4.31 Å². The Morgan fingerprint density at radius 3 is 2.44 bits per heavy atom. The van der Waals surface area contributed by atoms with E-state index in [2.05, 4.69) is 5.32 Å². The molecule has 1 N–H and O–H groups in total. The van der Waals surface area contributed by atoms with Gasteiger partial charge in [0.15, 0.2) is 12.9 Å². The number of benzene rings is 1. The Bertz CT molecular complexity index is 969. The van der Waals surface area contributed by atoms with E-state index in [1.54, 1.807) is 0 Å². The van der Waals surface area contributed by atoms with E-state index in [-0.39, 0.29) is 42.1 Å². The number of anilines is 1. The number of carbonyl (C=O) groups excluding carboxylic acids is 2. The fourth-order valence-electron chi connectivity index (χ4n) is 4.40. The molecule has 11 heteroatoms. The van der Waals surface area contributed by atoms with Crippen LogP contribution < -0.4 is 15.0 Å². The van der Waals surface area contributed by atoms with Crippen LogP contribution in [0.1, 0.15) is 34.1 Å². The number of ether oxygens (including phenoxy) is 3. The minimum Gasteiger partial charge on any atom is -0.482 e. The Balaban J connectivity index is 1.78. The molecule has 2 amide bonds. The van der Waals surface area contributed by atoms with Crippen molar-refractivity contribution >= 4 is 27.5 Å². The van der Waals surface area contributed by atoms with Crippen LogP contribution >= 0.6 is 0 Å². The molecule has 0 saturated carbocycles. The molecule has 2 atom stereocenters. The lowest BCUT2D eigenvalue weighted by Gasteiger charge is -2.34. The number of carbonyl (C=O) groups is 2. The summed E-state index contributed by atoms with van der Waals surface area (Å²) in [5.74, 6) is 0.0336. The molecule has 1 saturated heterocycles. The van der Waals surface area contributed by atoms with Crippen LogP contribution in [0.4, 0.5) is 5.69 Å². The second kappa shape index (κ2) is 11.5. The molecule has 0 radical (unpaired) electrons. The van der Waals surface area contributed by atoms with Gasteiger partial charge in [-0.05, 0) is 50.3 Å². The maximum Gasteiger partial charge on any atom is 0.265 e. The molecule has 0 aliphatic carbocycles. The van der Waals surface area contributed by atoms with Gasteiger partial charge in [-0.25, -0.2) is 8.42 Å². The molecule has 0 aromatic heterocycles. The maximum atomic E-state index is 13.3. The zero-order valence-electron chi connectivity index (χ0n) is 20.3. The Morgan fingerprint density at radius 1 is 1.18 bits per heavy atom. The molecule has 3 rings (SSSR count). The van der Waals surface area contributed by atoms with E-state index in [1.165, 1.54) is 27.4 Å². The molecular formula is C23H35N3O7S. The smallest absolute Gasteiger partial charge is 0.265 e. The van der Waals surface area contributed by atoms with Crippen LogP contribution in [0.5, 0.6) is 5.75 Å². The number of nitrogens with one attached hydrogen (secondary N) is 1. The molecule has 190 valence electrons. The summed E-state index contributed by atoms with van der Waals surface area (Å²) in [5.41, 5.74) is 0.261. The number of piperidine rings is 1. The lowest BCUT2D eigenvalue weighted by atomic mass is 9.94. The predicted octanol–water partition coefficient (Wildman–Crippen LogP) is 1.59. The highest BCUT2D eigenvalue weighted by Gasteiger charge is 2.34. The standard InChI is InChI=1S/C23H35N3O7S/c1-5-31-23(32-6-2)11-24-21(27)14-26-19-10-18(7-8-20(19)33-15-22(26)28)34(29,30)25-12-16(3)9-17(4)13-25/h7-8,10,16-17,23H,5-6,9,11-15H2,1-4H3,(H,24,27)/t16-,17-/m1/s1. The topological polar surface area (TPSA) is 114 Å². The third-order valence-electron chi connectivity index (χ3n) is 5.82. The number of rotatable bonds is 10. The number of sulfonamides is 1. The molecule has 0 unspecified atom stereocenters. The van der Waals surface area contributed by atoms with Gasteiger partial charge < -0.3 is 19.5 Å². The average molecular weight is 498 g/mol. The molecular weight excluding hydrogens is 462 g/mol. The quantitative estimate of drug-likeness (QED) is 0.488. The van der Waals surface area contributed by atoms with Crippen LogP contribution in [0.15, 0.2) is 23.1 Å². The Labute approximate surface area is 201 Å². The molecule has 0 bridgehead atoms. The Morgan fingerprint density at radius 2 is 1.82 bits per heavy atom. The normalized spacial score (nSPS) is 21.3. The first-order chi connectivity index (χ1) is 16.1. The van der Waals surface area contributed by atoms with Crippen LogP contribution in [-0.2, 0) is 29.1 Å². The number of fused-ring (bicyclic) bond motifs is 1. The van der Waals surface area contributed by atoms with Crippen molar-refractivity contribution in [3.63, 3.8) is 0 Å². The van der Waals surface area contributed by atoms with E-state index >= 15 is 0 Å². The summed E-state index contributed by atoms with van der Waals surface area (Å²) in [6.45, 7) is 9.13. The highest BCUT2D eigenvalue weighted by molar-refractivity contribution is 7.89. The first-order valence-corrected chi connectivity index (χ1v) is 13.2. The van der Waals surface area contributed by atoms with Crippen LogP contribution in [0.2, 0.25) is 0 Å². The van der Waals surface area contributed by atoms with Gasteiger partial charge in [0, 0.05) is 26.3 Å². The highest BCUT2D eigenvalue weighted by atomic mass is 32.2. The number of hydrogen-bond donors (Lipinski definition) is 1. The van der Waals surface area contributed by atoms with Gasteiger partial charge in [0.2, 0.25) is 15.9 Å². The number of nitrogens with zero attached hydrogens (tertiary/aromatic N) is 2. The molecule has 1 aromatic rings. The van der Waals surface area contributed by atoms with Crippen LogP contribution in [0, 0.1) is 11.8 Å². The Kier molecular flexibility index (Phi) is 8.91. The molecule has 0 spiro atoms. The summed E-state index contributed by atoms with van der Waals surface area (Å²) in [6.07, 6.45) is 0.396. The fourth-order valence-corrected chi connectivity index (χ4v) is 6.10. The second-order valence-corrected chi connectivity index (χ2v) is 10.7. The van der Waals surface area contributed by atoms with E-state index in [0.29, 0.717) is 32.1 Å². The van der Waals surface area contributed by atoms with Crippen molar-refractivity contribution in [2.45, 2.75) is 45.3 Å². The van der Waals surface area contributed by atoms with Crippen molar-refractivity contribution in [3.8, 4) is 5.75 Å². The number of amides is 2. The van der Waals surface area contributed by atoms with Crippen molar-refractivity contribution in [1.82, 2.24) is 9.62 Å². The summed E-state index contributed by atoms with van der Waals surface area (Å²) < 4.78 is 44.5. The van der Waals surface area contributed by atoms with Gasteiger partial charge in [-0.1, -0.05) is 13.8 Å². The SMILES string of the molecule is CCOC(CNC(=O)CN1C(=O)COc2ccc(S(=O)(=O)N3C[C@H](C)C[C@@H](C)C3)cc21)OCC. The van der Waals surface area contributed by atoms with Crippen molar-refractivity contribution in [3.05, 3.63) is 18.2 Å². The maximum absolute atomic E-state index is 13.3. The van der Waals surface area contributed by atoms with E-state index in [0.717, 1.165) is 6.42 Å². The minimum atomic E-state index is -3.76. The molecule has 2 aliphatic heterocycles. The van der Waals surface area contributed by atoms with Crippen molar-refractivity contribution in [1.29, 1.82) is 0 Å². The number of hydrogen-bond acceptors (Lipinski definition) is 7. The van der Waals surface area contributed by atoms with Crippen molar-refractivity contribution < 1.29 is 32.2 Å². The van der Waals surface area contributed by atoms with E-state index in [1.807, 2.05) is 27.7 Å². The van der Waals surface area contributed by atoms with Gasteiger partial charge in [0.1, 0.15) is 12.3 Å². The Hall–Kier alpha value is -2.21. The van der Waals surface area contributed by atoms with Crippen LogP contribution in [0.3, 0.4) is 0 Å². The lowest BCUT2D eigenvalue weighted by Crippen LogP contribution is -2.47. The molecule has 1 fully saturated rings. The first kappa shape index (κ1) is 26.4. The monoisotopic (exact) mass is 497 g/mol. The first-order valence-electron chi connectivity index (χ1n) is 11.7. The molecule has 2 heterocycles. The van der Waals surface area contributed by atoms with Gasteiger partial charge >= 0.3 is 0 Å².